The van der Waals surface area contributed by atoms with Crippen LogP contribution in [0.5, 0.6) is 0 Å². The summed E-state index contributed by atoms with van der Waals surface area (Å²) in [6, 6.07) is 15.5. The van der Waals surface area contributed by atoms with Crippen LogP contribution in [0.15, 0.2) is 58.6 Å². The highest BCUT2D eigenvalue weighted by Gasteiger charge is 2.30. The van der Waals surface area contributed by atoms with Crippen LogP contribution in [0.1, 0.15) is 37.7 Å². The molecule has 2 aromatic carbocycles. The van der Waals surface area contributed by atoms with Gasteiger partial charge in [0.1, 0.15) is 18.9 Å². The van der Waals surface area contributed by atoms with Crippen LogP contribution >= 0.6 is 11.8 Å². The predicted molar refractivity (Wildman–Crippen MR) is 132 cm³/mol. The number of carbonyl (C=O) groups excluding carboxylic acids is 2. The van der Waals surface area contributed by atoms with Crippen LogP contribution in [0.3, 0.4) is 0 Å². The van der Waals surface area contributed by atoms with E-state index in [-0.39, 0.29) is 11.8 Å². The van der Waals surface area contributed by atoms with Crippen molar-refractivity contribution < 1.29 is 19.2 Å². The van der Waals surface area contributed by atoms with Gasteiger partial charge >= 0.3 is 5.97 Å². The average molecular weight is 469 g/mol. The van der Waals surface area contributed by atoms with Crippen LogP contribution in [0.2, 0.25) is 0 Å². The van der Waals surface area contributed by atoms with Gasteiger partial charge in [-0.15, -0.1) is 11.8 Å². The number of ether oxygens (including phenoxy) is 1. The van der Waals surface area contributed by atoms with E-state index in [0.29, 0.717) is 12.1 Å². The molecule has 6 nitrogen and oxygen atoms in total. The fraction of sp³-hybridized carbons (Fsp3) is 0.423. The van der Waals surface area contributed by atoms with Crippen molar-refractivity contribution in [3.8, 4) is 11.1 Å². The first-order valence-electron chi connectivity index (χ1n) is 11.3. The van der Waals surface area contributed by atoms with Crippen LogP contribution in [0, 0.1) is 5.92 Å². The highest BCUT2D eigenvalue weighted by atomic mass is 32.2. The second-order valence-electron chi connectivity index (χ2n) is 8.14. The Morgan fingerprint density at radius 2 is 1.76 bits per heavy atom. The minimum atomic E-state index is -0.808. The number of oxime groups is 1. The summed E-state index contributed by atoms with van der Waals surface area (Å²) in [6.45, 7) is 0. The summed E-state index contributed by atoms with van der Waals surface area (Å²) in [4.78, 5) is 31.7. The topological polar surface area (TPSA) is 77.0 Å². The SMILES string of the molecule is CON=C(C(=O)N[C@@H](Cc1ccc(-c2ccccc2SC)cc1)C(=O)OC)C1CCCCC1. The molecule has 0 heterocycles. The quantitative estimate of drug-likeness (QED) is 0.246. The van der Waals surface area contributed by atoms with Crippen LogP contribution in [0.25, 0.3) is 11.1 Å². The number of carbonyl (C=O) groups is 2. The number of hydrogen-bond donors (Lipinski definition) is 1. The maximum absolute atomic E-state index is 13.0. The van der Waals surface area contributed by atoms with E-state index >= 15 is 0 Å². The number of methoxy groups -OCH3 is 1. The molecule has 1 aliphatic carbocycles. The molecule has 0 radical (unpaired) electrons. The zero-order valence-electron chi connectivity index (χ0n) is 19.5. The van der Waals surface area contributed by atoms with Crippen molar-refractivity contribution >= 4 is 29.4 Å². The van der Waals surface area contributed by atoms with Gasteiger partial charge in [0.25, 0.3) is 5.91 Å². The highest BCUT2D eigenvalue weighted by molar-refractivity contribution is 7.98. The second kappa shape index (κ2) is 12.4. The monoisotopic (exact) mass is 468 g/mol. The second-order valence-corrected chi connectivity index (χ2v) is 8.99. The van der Waals surface area contributed by atoms with Crippen molar-refractivity contribution in [1.29, 1.82) is 0 Å². The van der Waals surface area contributed by atoms with E-state index in [9.17, 15) is 9.59 Å². The van der Waals surface area contributed by atoms with E-state index in [1.807, 2.05) is 36.4 Å². The Bertz CT molecular complexity index is 969. The molecule has 176 valence electrons. The van der Waals surface area contributed by atoms with E-state index < -0.39 is 12.0 Å². The third-order valence-corrected chi connectivity index (χ3v) is 6.81. The van der Waals surface area contributed by atoms with Crippen molar-refractivity contribution in [1.82, 2.24) is 5.32 Å². The van der Waals surface area contributed by atoms with Crippen LogP contribution in [0.4, 0.5) is 0 Å². The lowest BCUT2D eigenvalue weighted by Gasteiger charge is -2.24. The number of rotatable bonds is 9. The first kappa shape index (κ1) is 24.8. The van der Waals surface area contributed by atoms with E-state index in [1.165, 1.54) is 31.1 Å². The normalized spacial score (nSPS) is 15.5. The Morgan fingerprint density at radius 1 is 1.06 bits per heavy atom. The van der Waals surface area contributed by atoms with Crippen molar-refractivity contribution in [2.75, 3.05) is 20.5 Å². The molecule has 1 saturated carbocycles. The molecule has 1 N–H and O–H groups in total. The largest absolute Gasteiger partial charge is 0.467 e. The lowest BCUT2D eigenvalue weighted by molar-refractivity contribution is -0.144. The smallest absolute Gasteiger partial charge is 0.328 e. The number of benzene rings is 2. The molecule has 0 unspecified atom stereocenters. The van der Waals surface area contributed by atoms with E-state index in [4.69, 9.17) is 9.57 Å². The summed E-state index contributed by atoms with van der Waals surface area (Å²) >= 11 is 1.71. The van der Waals surface area contributed by atoms with Gasteiger partial charge in [0.2, 0.25) is 0 Å². The fourth-order valence-corrected chi connectivity index (χ4v) is 4.90. The Kier molecular flexibility index (Phi) is 9.36. The predicted octanol–water partition coefficient (Wildman–Crippen LogP) is 4.86. The molecule has 0 bridgehead atoms. The molecule has 0 spiro atoms. The van der Waals surface area contributed by atoms with Gasteiger partial charge < -0.3 is 14.9 Å². The lowest BCUT2D eigenvalue weighted by atomic mass is 9.85. The third kappa shape index (κ3) is 6.60. The zero-order chi connectivity index (χ0) is 23.6. The van der Waals surface area contributed by atoms with Crippen molar-refractivity contribution in [3.05, 3.63) is 54.1 Å². The molecule has 7 heteroatoms. The Morgan fingerprint density at radius 3 is 2.39 bits per heavy atom. The fourth-order valence-electron chi connectivity index (χ4n) is 4.28. The van der Waals surface area contributed by atoms with Gasteiger partial charge in [0.15, 0.2) is 0 Å². The molecule has 1 amide bonds. The van der Waals surface area contributed by atoms with Crippen LogP contribution in [-0.2, 0) is 25.6 Å². The minimum Gasteiger partial charge on any atom is -0.467 e. The molecule has 0 aliphatic heterocycles. The van der Waals surface area contributed by atoms with Gasteiger partial charge in [-0.05, 0) is 41.9 Å². The van der Waals surface area contributed by atoms with E-state index in [2.05, 4.69) is 28.9 Å². The molecule has 0 aromatic heterocycles. The third-order valence-electron chi connectivity index (χ3n) is 6.02. The van der Waals surface area contributed by atoms with Gasteiger partial charge in [-0.3, -0.25) is 4.79 Å². The maximum atomic E-state index is 13.0. The van der Waals surface area contributed by atoms with Crippen molar-refractivity contribution in [2.45, 2.75) is 49.5 Å². The van der Waals surface area contributed by atoms with E-state index in [1.54, 1.807) is 11.8 Å². The molecule has 0 saturated heterocycles. The molecular formula is C26H32N2O4S. The van der Waals surface area contributed by atoms with Crippen LogP contribution in [-0.4, -0.2) is 44.1 Å². The van der Waals surface area contributed by atoms with Crippen molar-refractivity contribution in [3.63, 3.8) is 0 Å². The minimum absolute atomic E-state index is 0.0489. The Hall–Kier alpha value is -2.80. The number of esters is 1. The molecule has 2 aromatic rings. The first-order chi connectivity index (χ1) is 16.1. The molecular weight excluding hydrogens is 436 g/mol. The maximum Gasteiger partial charge on any atom is 0.328 e. The standard InChI is InChI=1S/C26H32N2O4S/c1-31-26(30)22(27-25(29)24(28-32-2)20-9-5-4-6-10-20)17-18-13-15-19(16-14-18)21-11-7-8-12-23(21)33-3/h7-8,11-16,20,22H,4-6,9-10,17H2,1-3H3,(H,27,29)/t22-/m0/s1. The molecule has 1 fully saturated rings. The number of thioether (sulfide) groups is 1. The molecule has 3 rings (SSSR count). The number of nitrogens with zero attached hydrogens (tertiary/aromatic N) is 1. The van der Waals surface area contributed by atoms with Gasteiger partial charge in [0, 0.05) is 17.2 Å². The first-order valence-corrected chi connectivity index (χ1v) is 12.5. The Labute approximate surface area is 200 Å². The number of amides is 1. The summed E-state index contributed by atoms with van der Waals surface area (Å²) in [5.74, 6) is -0.807. The molecule has 33 heavy (non-hydrogen) atoms. The van der Waals surface area contributed by atoms with Gasteiger partial charge in [-0.2, -0.15) is 0 Å². The Balaban J connectivity index is 1.74. The number of nitrogens with one attached hydrogen (secondary N) is 1. The van der Waals surface area contributed by atoms with Gasteiger partial charge in [0.05, 0.1) is 7.11 Å². The van der Waals surface area contributed by atoms with Gasteiger partial charge in [-0.25, -0.2) is 4.79 Å². The zero-order valence-corrected chi connectivity index (χ0v) is 20.3. The summed E-state index contributed by atoms with van der Waals surface area (Å²) in [5.41, 5.74) is 3.56. The number of hydrogen-bond acceptors (Lipinski definition) is 6. The van der Waals surface area contributed by atoms with Crippen LogP contribution < -0.4 is 5.32 Å². The average Bonchev–Trinajstić information content (AvgIpc) is 2.87. The summed E-state index contributed by atoms with van der Waals surface area (Å²) in [5, 5.41) is 6.84. The molecule has 1 aliphatic rings. The highest BCUT2D eigenvalue weighted by Crippen LogP contribution is 2.30. The van der Waals surface area contributed by atoms with Crippen molar-refractivity contribution in [2.24, 2.45) is 11.1 Å². The van der Waals surface area contributed by atoms with E-state index in [0.717, 1.165) is 36.8 Å². The molecule has 1 atom stereocenters. The summed E-state index contributed by atoms with van der Waals surface area (Å²) in [6.07, 6.45) is 7.48. The van der Waals surface area contributed by atoms with Gasteiger partial charge in [-0.1, -0.05) is 66.9 Å². The lowest BCUT2D eigenvalue weighted by Crippen LogP contribution is -2.47. The summed E-state index contributed by atoms with van der Waals surface area (Å²) < 4.78 is 4.97. The summed E-state index contributed by atoms with van der Waals surface area (Å²) in [7, 11) is 2.76.